The van der Waals surface area contributed by atoms with Gasteiger partial charge in [0.1, 0.15) is 29.2 Å². The van der Waals surface area contributed by atoms with Crippen molar-refractivity contribution >= 4 is 23.1 Å². The fraction of sp³-hybridized carbons (Fsp3) is 0.128. The van der Waals surface area contributed by atoms with Crippen LogP contribution in [-0.2, 0) is 19.5 Å². The Morgan fingerprint density at radius 1 is 0.800 bits per heavy atom. The average molecular weight is 679 g/mol. The zero-order valence-corrected chi connectivity index (χ0v) is 28.1. The van der Waals surface area contributed by atoms with Crippen molar-refractivity contribution < 1.29 is 9.47 Å². The molecule has 0 atom stereocenters. The number of methoxy groups -OCH3 is 2. The Balaban J connectivity index is 1.50. The maximum atomic E-state index is 10.2. The van der Waals surface area contributed by atoms with Gasteiger partial charge in [0.15, 0.2) is 17.3 Å². The monoisotopic (exact) mass is 678 g/mol. The van der Waals surface area contributed by atoms with Crippen molar-refractivity contribution in [2.45, 2.75) is 19.5 Å². The number of ether oxygens (including phenoxy) is 2. The van der Waals surface area contributed by atoms with Crippen LogP contribution in [0.4, 0.5) is 5.82 Å². The van der Waals surface area contributed by atoms with Crippen molar-refractivity contribution in [3.8, 4) is 40.2 Å². The number of benzene rings is 4. The number of hydrogen-bond acceptors (Lipinski definition) is 9. The highest BCUT2D eigenvalue weighted by atomic mass is 35.5. The summed E-state index contributed by atoms with van der Waals surface area (Å²) in [5.74, 6) is 2.66. The summed E-state index contributed by atoms with van der Waals surface area (Å²) in [6.07, 6.45) is 3.55. The Morgan fingerprint density at radius 3 is 2.08 bits per heavy atom. The number of fused-ring (bicyclic) bond motifs is 1. The summed E-state index contributed by atoms with van der Waals surface area (Å²) >= 11 is 6.60. The van der Waals surface area contributed by atoms with E-state index in [1.54, 1.807) is 37.1 Å². The molecule has 4 aromatic carbocycles. The third-order valence-corrected chi connectivity index (χ3v) is 8.67. The minimum atomic E-state index is 0.394. The number of halogens is 1. The zero-order chi connectivity index (χ0) is 34.5. The lowest BCUT2D eigenvalue weighted by molar-refractivity contribution is 0.414. The molecule has 3 aromatic heterocycles. The number of rotatable bonds is 11. The van der Waals surface area contributed by atoms with Gasteiger partial charge in [-0.2, -0.15) is 10.4 Å². The highest BCUT2D eigenvalue weighted by Crippen LogP contribution is 2.36. The van der Waals surface area contributed by atoms with Gasteiger partial charge in [0, 0.05) is 36.3 Å². The molecule has 0 radical (unpaired) electrons. The Kier molecular flexibility index (Phi) is 9.31. The number of anilines is 1. The quantitative estimate of drug-likeness (QED) is 0.136. The van der Waals surface area contributed by atoms with Crippen molar-refractivity contribution in [1.29, 1.82) is 5.26 Å². The molecular formula is C39H31ClN8O2. The first-order valence-corrected chi connectivity index (χ1v) is 16.2. The lowest BCUT2D eigenvalue weighted by Crippen LogP contribution is -2.25. The van der Waals surface area contributed by atoms with Gasteiger partial charge in [0.25, 0.3) is 0 Å². The predicted octanol–water partition coefficient (Wildman–Crippen LogP) is 7.59. The molecular weight excluding hydrogens is 648 g/mol. The summed E-state index contributed by atoms with van der Waals surface area (Å²) in [6, 6.07) is 35.1. The summed E-state index contributed by atoms with van der Waals surface area (Å²) in [5, 5.41) is 15.9. The fourth-order valence-corrected chi connectivity index (χ4v) is 6.01. The first kappa shape index (κ1) is 32.2. The highest BCUT2D eigenvalue weighted by molar-refractivity contribution is 6.31. The van der Waals surface area contributed by atoms with E-state index in [1.165, 1.54) is 6.33 Å². The molecule has 0 aliphatic rings. The van der Waals surface area contributed by atoms with Crippen LogP contribution in [0.15, 0.2) is 116 Å². The molecule has 3 heterocycles. The molecule has 0 spiro atoms. The molecule has 0 fully saturated rings. The zero-order valence-electron chi connectivity index (χ0n) is 27.4. The summed E-state index contributed by atoms with van der Waals surface area (Å²) in [5.41, 5.74) is 6.30. The van der Waals surface area contributed by atoms with Gasteiger partial charge >= 0.3 is 0 Å². The normalized spacial score (nSPS) is 10.9. The van der Waals surface area contributed by atoms with E-state index in [0.29, 0.717) is 70.0 Å². The summed E-state index contributed by atoms with van der Waals surface area (Å²) in [4.78, 5) is 21.4. The van der Waals surface area contributed by atoms with Gasteiger partial charge in [0.2, 0.25) is 0 Å². The lowest BCUT2D eigenvalue weighted by atomic mass is 10.0. The minimum absolute atomic E-state index is 0.394. The molecule has 0 aliphatic heterocycles. The second-order valence-corrected chi connectivity index (χ2v) is 11.9. The van der Waals surface area contributed by atoms with E-state index in [9.17, 15) is 5.26 Å². The third-order valence-electron chi connectivity index (χ3n) is 8.30. The molecule has 0 unspecified atom stereocenters. The van der Waals surface area contributed by atoms with E-state index >= 15 is 0 Å². The van der Waals surface area contributed by atoms with E-state index < -0.39 is 0 Å². The van der Waals surface area contributed by atoms with Gasteiger partial charge in [0.05, 0.1) is 31.5 Å². The van der Waals surface area contributed by atoms with Crippen molar-refractivity contribution in [2.24, 2.45) is 0 Å². The first-order valence-electron chi connectivity index (χ1n) is 15.8. The second-order valence-electron chi connectivity index (χ2n) is 11.5. The highest BCUT2D eigenvalue weighted by Gasteiger charge is 2.26. The third kappa shape index (κ3) is 6.67. The predicted molar refractivity (Wildman–Crippen MR) is 192 cm³/mol. The molecule has 7 rings (SSSR count). The molecule has 0 aliphatic carbocycles. The van der Waals surface area contributed by atoms with Crippen molar-refractivity contribution in [3.05, 3.63) is 149 Å². The van der Waals surface area contributed by atoms with Crippen LogP contribution in [0.2, 0.25) is 5.02 Å². The number of hydrogen-bond donors (Lipinski definition) is 0. The second kappa shape index (κ2) is 14.4. The van der Waals surface area contributed by atoms with Gasteiger partial charge in [-0.05, 0) is 59.2 Å². The van der Waals surface area contributed by atoms with Gasteiger partial charge < -0.3 is 14.4 Å². The van der Waals surface area contributed by atoms with Gasteiger partial charge in [-0.1, -0.05) is 72.3 Å². The molecule has 0 saturated carbocycles. The van der Waals surface area contributed by atoms with E-state index in [1.807, 2.05) is 91.0 Å². The Labute approximate surface area is 294 Å². The molecule has 0 bridgehead atoms. The van der Waals surface area contributed by atoms with Crippen molar-refractivity contribution in [2.75, 3.05) is 19.1 Å². The maximum absolute atomic E-state index is 10.2. The summed E-state index contributed by atoms with van der Waals surface area (Å²) in [7, 11) is 3.30. The summed E-state index contributed by atoms with van der Waals surface area (Å²) < 4.78 is 12.6. The SMILES string of the molecule is COc1ccc(CN(Cc2ccc(OC)cc2)c2nc(-c3ccccc3C#N)c(-c3ccncn3)n3nc(Cc4ccccc4Cl)nc23)cc1. The largest absolute Gasteiger partial charge is 0.497 e. The minimum Gasteiger partial charge on any atom is -0.497 e. The van der Waals surface area contributed by atoms with Crippen LogP contribution < -0.4 is 14.4 Å². The lowest BCUT2D eigenvalue weighted by Gasteiger charge is -2.26. The fourth-order valence-electron chi connectivity index (χ4n) is 5.81. The topological polar surface area (TPSA) is 114 Å². The maximum Gasteiger partial charge on any atom is 0.199 e. The number of aromatic nitrogens is 6. The van der Waals surface area contributed by atoms with Crippen molar-refractivity contribution in [1.82, 2.24) is 29.5 Å². The smallest absolute Gasteiger partial charge is 0.199 e. The molecule has 7 aromatic rings. The number of nitriles is 1. The standard InChI is InChI=1S/C39H31ClN8O2/c1-49-30-15-11-26(12-16-30)23-47(24-27-13-17-31(50-2)18-14-27)38-39-44-35(21-28-7-4-6-10-33(28)40)46-48(39)37(34-19-20-42-25-43-34)36(45-38)32-9-5-3-8-29(32)22-41/h3-20,25H,21,23-24H2,1-2H3. The van der Waals surface area contributed by atoms with Crippen LogP contribution >= 0.6 is 11.6 Å². The van der Waals surface area contributed by atoms with Gasteiger partial charge in [-0.25, -0.2) is 24.5 Å². The van der Waals surface area contributed by atoms with Crippen LogP contribution in [0.3, 0.4) is 0 Å². The molecule has 50 heavy (non-hydrogen) atoms. The molecule has 0 amide bonds. The van der Waals surface area contributed by atoms with Crippen LogP contribution in [0.25, 0.3) is 28.3 Å². The Bertz CT molecular complexity index is 2250. The Morgan fingerprint density at radius 2 is 1.46 bits per heavy atom. The van der Waals surface area contributed by atoms with E-state index in [4.69, 9.17) is 36.1 Å². The van der Waals surface area contributed by atoms with E-state index in [2.05, 4.69) is 20.9 Å². The van der Waals surface area contributed by atoms with Crippen LogP contribution in [0.5, 0.6) is 11.5 Å². The number of nitrogens with zero attached hydrogens (tertiary/aromatic N) is 8. The Hall–Kier alpha value is -6.31. The van der Waals surface area contributed by atoms with Crippen LogP contribution in [-0.4, -0.2) is 43.8 Å². The molecule has 11 heteroatoms. The first-order chi connectivity index (χ1) is 24.5. The van der Waals surface area contributed by atoms with Gasteiger partial charge in [-0.3, -0.25) is 0 Å². The average Bonchev–Trinajstić information content (AvgIpc) is 3.59. The molecule has 246 valence electrons. The molecule has 10 nitrogen and oxygen atoms in total. The summed E-state index contributed by atoms with van der Waals surface area (Å²) in [6.45, 7) is 0.967. The molecule has 0 N–H and O–H groups in total. The van der Waals surface area contributed by atoms with Crippen LogP contribution in [0, 0.1) is 11.3 Å². The van der Waals surface area contributed by atoms with E-state index in [0.717, 1.165) is 28.2 Å². The molecule has 0 saturated heterocycles. The van der Waals surface area contributed by atoms with Crippen LogP contribution in [0.1, 0.15) is 28.1 Å². The van der Waals surface area contributed by atoms with Gasteiger partial charge in [-0.15, -0.1) is 0 Å². The van der Waals surface area contributed by atoms with E-state index in [-0.39, 0.29) is 0 Å². The van der Waals surface area contributed by atoms with Crippen molar-refractivity contribution in [3.63, 3.8) is 0 Å².